The molecule has 2 N–H and O–H groups in total. The summed E-state index contributed by atoms with van der Waals surface area (Å²) in [6, 6.07) is 11.9. The van der Waals surface area contributed by atoms with Crippen molar-refractivity contribution in [3.05, 3.63) is 41.8 Å². The van der Waals surface area contributed by atoms with Gasteiger partial charge in [-0.1, -0.05) is 42.4 Å². The number of rotatable bonds is 5. The molecular weight excluding hydrogens is 312 g/mol. The second-order valence-corrected chi connectivity index (χ2v) is 7.88. The van der Waals surface area contributed by atoms with Gasteiger partial charge in [0.25, 0.3) is 0 Å². The summed E-state index contributed by atoms with van der Waals surface area (Å²) < 4.78 is 5.44. The van der Waals surface area contributed by atoms with Crippen molar-refractivity contribution in [1.82, 2.24) is 15.1 Å². The summed E-state index contributed by atoms with van der Waals surface area (Å²) in [5.41, 5.74) is 7.07. The van der Waals surface area contributed by atoms with E-state index in [0.29, 0.717) is 23.8 Å². The van der Waals surface area contributed by atoms with Crippen LogP contribution in [0, 0.1) is 11.8 Å². The normalized spacial score (nSPS) is 32.0. The molecule has 1 aromatic heterocycles. The summed E-state index contributed by atoms with van der Waals surface area (Å²) in [6.45, 7) is 3.38. The molecular formula is C20H28N4O. The number of nitrogen functional groups attached to an aromatic ring is 1. The predicted molar refractivity (Wildman–Crippen MR) is 98.2 cm³/mol. The molecule has 2 aliphatic rings. The van der Waals surface area contributed by atoms with Gasteiger partial charge in [0.15, 0.2) is 0 Å². The third kappa shape index (κ3) is 3.43. The predicted octanol–water partition coefficient (Wildman–Crippen LogP) is 3.66. The van der Waals surface area contributed by atoms with Crippen LogP contribution in [0.5, 0.6) is 0 Å². The van der Waals surface area contributed by atoms with Crippen molar-refractivity contribution >= 4 is 6.01 Å². The quantitative estimate of drug-likeness (QED) is 0.899. The lowest BCUT2D eigenvalue weighted by Gasteiger charge is -2.35. The molecule has 5 nitrogen and oxygen atoms in total. The van der Waals surface area contributed by atoms with Gasteiger partial charge in [-0.25, -0.2) is 0 Å². The molecule has 2 aromatic rings. The Kier molecular flexibility index (Phi) is 4.50. The Hall–Kier alpha value is -1.88. The molecule has 0 spiro atoms. The van der Waals surface area contributed by atoms with E-state index in [1.54, 1.807) is 0 Å². The van der Waals surface area contributed by atoms with E-state index in [2.05, 4.69) is 59.4 Å². The van der Waals surface area contributed by atoms with E-state index in [-0.39, 0.29) is 6.01 Å². The first-order chi connectivity index (χ1) is 12.1. The summed E-state index contributed by atoms with van der Waals surface area (Å²) in [7, 11) is 2.28. The monoisotopic (exact) mass is 340 g/mol. The molecule has 0 saturated heterocycles. The van der Waals surface area contributed by atoms with E-state index in [4.69, 9.17) is 10.2 Å². The van der Waals surface area contributed by atoms with Gasteiger partial charge in [-0.2, -0.15) is 0 Å². The van der Waals surface area contributed by atoms with Crippen LogP contribution in [0.2, 0.25) is 0 Å². The van der Waals surface area contributed by atoms with E-state index < -0.39 is 0 Å². The Morgan fingerprint density at radius 1 is 1.12 bits per heavy atom. The van der Waals surface area contributed by atoms with E-state index in [0.717, 1.165) is 18.4 Å². The Labute approximate surface area is 149 Å². The van der Waals surface area contributed by atoms with Gasteiger partial charge in [-0.3, -0.25) is 0 Å². The van der Waals surface area contributed by atoms with Crippen LogP contribution >= 0.6 is 0 Å². The summed E-state index contributed by atoms with van der Waals surface area (Å²) >= 11 is 0. The highest BCUT2D eigenvalue weighted by Gasteiger charge is 2.51. The third-order valence-corrected chi connectivity index (χ3v) is 6.39. The molecule has 25 heavy (non-hydrogen) atoms. The number of nitrogens with zero attached hydrogens (tertiary/aromatic N) is 3. The Balaban J connectivity index is 1.29. The first kappa shape index (κ1) is 16.6. The lowest BCUT2D eigenvalue weighted by molar-refractivity contribution is 0.173. The largest absolute Gasteiger partial charge is 0.408 e. The highest BCUT2D eigenvalue weighted by atomic mass is 16.4. The molecule has 2 aliphatic carbocycles. The molecule has 1 aromatic carbocycles. The van der Waals surface area contributed by atoms with Gasteiger partial charge >= 0.3 is 6.01 Å². The van der Waals surface area contributed by atoms with Gasteiger partial charge in [0, 0.05) is 18.5 Å². The lowest BCUT2D eigenvalue weighted by atomic mass is 9.81. The van der Waals surface area contributed by atoms with Crippen molar-refractivity contribution in [2.75, 3.05) is 19.3 Å². The first-order valence-electron chi connectivity index (χ1n) is 9.47. The van der Waals surface area contributed by atoms with Crippen LogP contribution in [0.15, 0.2) is 34.7 Å². The smallest absolute Gasteiger partial charge is 0.312 e. The second kappa shape index (κ2) is 6.79. The van der Waals surface area contributed by atoms with Crippen molar-refractivity contribution in [3.63, 3.8) is 0 Å². The molecule has 2 unspecified atom stereocenters. The average molecular weight is 340 g/mol. The average Bonchev–Trinajstić information content (AvgIpc) is 3.06. The third-order valence-electron chi connectivity index (χ3n) is 6.39. The Morgan fingerprint density at radius 2 is 1.84 bits per heavy atom. The molecule has 0 amide bonds. The fourth-order valence-electron chi connectivity index (χ4n) is 4.67. The van der Waals surface area contributed by atoms with Crippen molar-refractivity contribution in [2.24, 2.45) is 11.8 Å². The van der Waals surface area contributed by atoms with Gasteiger partial charge in [0.1, 0.15) is 0 Å². The summed E-state index contributed by atoms with van der Waals surface area (Å²) in [6.07, 6.45) is 5.16. The lowest BCUT2D eigenvalue weighted by Crippen LogP contribution is -2.36. The molecule has 4 rings (SSSR count). The zero-order valence-electron chi connectivity index (χ0n) is 15.1. The van der Waals surface area contributed by atoms with Crippen molar-refractivity contribution in [2.45, 2.75) is 50.5 Å². The Morgan fingerprint density at radius 3 is 2.48 bits per heavy atom. The van der Waals surface area contributed by atoms with Gasteiger partial charge in [-0.05, 0) is 56.0 Å². The fraction of sp³-hybridized carbons (Fsp3) is 0.600. The SMILES string of the molecule is C[C@H]1C(CN(C)C2CCC(c3ccccc3)CC2)C1c1nnc(N)o1. The summed E-state index contributed by atoms with van der Waals surface area (Å²) in [5.74, 6) is 3.04. The highest BCUT2D eigenvalue weighted by molar-refractivity contribution is 5.20. The summed E-state index contributed by atoms with van der Waals surface area (Å²) in [5, 5.41) is 7.88. The number of aromatic nitrogens is 2. The van der Waals surface area contributed by atoms with Gasteiger partial charge in [-0.15, -0.1) is 5.10 Å². The molecule has 0 radical (unpaired) electrons. The second-order valence-electron chi connectivity index (χ2n) is 7.88. The van der Waals surface area contributed by atoms with Crippen LogP contribution in [-0.2, 0) is 0 Å². The van der Waals surface area contributed by atoms with Gasteiger partial charge in [0.2, 0.25) is 5.89 Å². The van der Waals surface area contributed by atoms with Crippen molar-refractivity contribution < 1.29 is 4.42 Å². The first-order valence-corrected chi connectivity index (χ1v) is 9.47. The van der Waals surface area contributed by atoms with Crippen molar-refractivity contribution in [1.29, 1.82) is 0 Å². The van der Waals surface area contributed by atoms with Gasteiger partial charge < -0.3 is 15.1 Å². The molecule has 2 saturated carbocycles. The fourth-order valence-corrected chi connectivity index (χ4v) is 4.67. The minimum atomic E-state index is 0.181. The molecule has 0 bridgehead atoms. The van der Waals surface area contributed by atoms with Crippen LogP contribution in [0.1, 0.15) is 55.9 Å². The Bertz CT molecular complexity index is 693. The maximum atomic E-state index is 5.56. The number of hydrogen-bond acceptors (Lipinski definition) is 5. The minimum Gasteiger partial charge on any atom is -0.408 e. The molecule has 3 atom stereocenters. The van der Waals surface area contributed by atoms with E-state index in [9.17, 15) is 0 Å². The highest BCUT2D eigenvalue weighted by Crippen LogP contribution is 2.53. The number of nitrogens with two attached hydrogens (primary N) is 1. The number of benzene rings is 1. The standard InChI is InChI=1S/C20H28N4O/c1-13-17(18(13)19-22-23-20(21)25-19)12-24(2)16-10-8-15(9-11-16)14-6-4-3-5-7-14/h3-7,13,15-18H,8-12H2,1-2H3,(H2,21,23)/t13-,15?,16?,17?,18?/m0/s1. The number of anilines is 1. The van der Waals surface area contributed by atoms with Crippen LogP contribution < -0.4 is 5.73 Å². The molecule has 5 heteroatoms. The van der Waals surface area contributed by atoms with E-state index >= 15 is 0 Å². The zero-order chi connectivity index (χ0) is 17.4. The van der Waals surface area contributed by atoms with Crippen molar-refractivity contribution in [3.8, 4) is 0 Å². The van der Waals surface area contributed by atoms with E-state index in [1.165, 1.54) is 31.2 Å². The molecule has 2 fully saturated rings. The van der Waals surface area contributed by atoms with E-state index in [1.807, 2.05) is 0 Å². The molecule has 1 heterocycles. The van der Waals surface area contributed by atoms with Crippen LogP contribution in [0.3, 0.4) is 0 Å². The number of hydrogen-bond donors (Lipinski definition) is 1. The zero-order valence-corrected chi connectivity index (χ0v) is 15.1. The molecule has 134 valence electrons. The van der Waals surface area contributed by atoms with Crippen LogP contribution in [-0.4, -0.2) is 34.7 Å². The summed E-state index contributed by atoms with van der Waals surface area (Å²) in [4.78, 5) is 2.56. The maximum Gasteiger partial charge on any atom is 0.312 e. The minimum absolute atomic E-state index is 0.181. The van der Waals surface area contributed by atoms with Gasteiger partial charge in [0.05, 0.1) is 0 Å². The maximum absolute atomic E-state index is 5.56. The van der Waals surface area contributed by atoms with Crippen LogP contribution in [0.4, 0.5) is 6.01 Å². The molecule has 0 aliphatic heterocycles. The topological polar surface area (TPSA) is 68.2 Å². The van der Waals surface area contributed by atoms with Crippen LogP contribution in [0.25, 0.3) is 0 Å².